The predicted molar refractivity (Wildman–Crippen MR) is 88.2 cm³/mol. The third kappa shape index (κ3) is 7.36. The van der Waals surface area contributed by atoms with Gasteiger partial charge >= 0.3 is 0 Å². The minimum Gasteiger partial charge on any atom is -0.491 e. The molecular weight excluding hydrogens is 333 g/mol. The van der Waals surface area contributed by atoms with Crippen LogP contribution >= 0.6 is 23.2 Å². The van der Waals surface area contributed by atoms with Gasteiger partial charge in [0.1, 0.15) is 12.4 Å². The molecule has 0 spiro atoms. The molecule has 0 aromatic heterocycles. The molecule has 120 valence electrons. The Morgan fingerprint density at radius 1 is 1.29 bits per heavy atom. The summed E-state index contributed by atoms with van der Waals surface area (Å²) in [4.78, 5) is 0. The topological polar surface area (TPSA) is 55.4 Å². The maximum Gasteiger partial charge on any atom is 0.150 e. The van der Waals surface area contributed by atoms with E-state index in [1.807, 2.05) is 0 Å². The van der Waals surface area contributed by atoms with Crippen molar-refractivity contribution in [2.75, 3.05) is 25.2 Å². The molecule has 0 saturated heterocycles. The summed E-state index contributed by atoms with van der Waals surface area (Å²) in [6, 6.07) is 3.36. The minimum atomic E-state index is -3.07. The first-order chi connectivity index (χ1) is 9.69. The van der Waals surface area contributed by atoms with Gasteiger partial charge < -0.3 is 10.1 Å². The Hall–Kier alpha value is -0.490. The number of nitrogens with one attached hydrogen (secondary N) is 1. The van der Waals surface area contributed by atoms with Crippen molar-refractivity contribution in [1.29, 1.82) is 0 Å². The fraction of sp³-hybridized carbons (Fsp3) is 0.571. The lowest BCUT2D eigenvalue weighted by molar-refractivity contribution is 0.336. The number of sulfone groups is 1. The molecule has 0 bridgehead atoms. The zero-order chi connectivity index (χ0) is 16.0. The lowest BCUT2D eigenvalue weighted by Crippen LogP contribution is -2.20. The van der Waals surface area contributed by atoms with Crippen LogP contribution < -0.4 is 10.1 Å². The van der Waals surface area contributed by atoms with Gasteiger partial charge in [-0.05, 0) is 24.6 Å². The van der Waals surface area contributed by atoms with Crippen LogP contribution in [0.4, 0.5) is 0 Å². The summed E-state index contributed by atoms with van der Waals surface area (Å²) in [6.45, 7) is 5.71. The highest BCUT2D eigenvalue weighted by atomic mass is 35.5. The van der Waals surface area contributed by atoms with Crippen molar-refractivity contribution >= 4 is 33.0 Å². The Morgan fingerprint density at radius 2 is 1.95 bits per heavy atom. The van der Waals surface area contributed by atoms with Gasteiger partial charge in [0, 0.05) is 23.4 Å². The van der Waals surface area contributed by atoms with E-state index >= 15 is 0 Å². The Morgan fingerprint density at radius 3 is 2.52 bits per heavy atom. The fourth-order valence-electron chi connectivity index (χ4n) is 1.70. The monoisotopic (exact) mass is 353 g/mol. The number of hydrogen-bond acceptors (Lipinski definition) is 4. The van der Waals surface area contributed by atoms with Crippen LogP contribution in [-0.4, -0.2) is 33.6 Å². The van der Waals surface area contributed by atoms with Crippen LogP contribution in [0, 0.1) is 5.92 Å². The number of halogens is 2. The summed E-state index contributed by atoms with van der Waals surface area (Å²) in [5.41, 5.74) is 0.821. The van der Waals surface area contributed by atoms with Gasteiger partial charge in [-0.1, -0.05) is 37.0 Å². The molecule has 1 rings (SSSR count). The van der Waals surface area contributed by atoms with Crippen LogP contribution in [0.25, 0.3) is 0 Å². The van der Waals surface area contributed by atoms with Crippen molar-refractivity contribution < 1.29 is 13.2 Å². The third-order valence-electron chi connectivity index (χ3n) is 2.65. The van der Waals surface area contributed by atoms with Gasteiger partial charge in [0.15, 0.2) is 9.84 Å². The summed E-state index contributed by atoms with van der Waals surface area (Å²) < 4.78 is 27.8. The average Bonchev–Trinajstić information content (AvgIpc) is 2.30. The van der Waals surface area contributed by atoms with E-state index in [1.165, 1.54) is 6.26 Å². The summed E-state index contributed by atoms with van der Waals surface area (Å²) >= 11 is 12.1. The van der Waals surface area contributed by atoms with E-state index in [4.69, 9.17) is 27.9 Å². The first-order valence-corrected chi connectivity index (χ1v) is 9.50. The largest absolute Gasteiger partial charge is 0.491 e. The Bertz CT molecular complexity index is 574. The summed E-state index contributed by atoms with van der Waals surface area (Å²) in [5, 5.41) is 4.20. The molecular formula is C14H21Cl2NO3S. The number of benzene rings is 1. The number of ether oxygens (including phenoxy) is 1. The second-order valence-electron chi connectivity index (χ2n) is 5.38. The normalized spacial score (nSPS) is 11.9. The van der Waals surface area contributed by atoms with Crippen molar-refractivity contribution in [2.45, 2.75) is 20.4 Å². The zero-order valence-corrected chi connectivity index (χ0v) is 14.8. The third-order valence-corrected chi connectivity index (χ3v) is 4.06. The number of rotatable bonds is 8. The second kappa shape index (κ2) is 8.22. The first kappa shape index (κ1) is 18.6. The highest BCUT2D eigenvalue weighted by Crippen LogP contribution is 2.32. The molecule has 0 aliphatic carbocycles. The summed E-state index contributed by atoms with van der Waals surface area (Å²) in [7, 11) is -3.07. The van der Waals surface area contributed by atoms with Crippen LogP contribution in [0.3, 0.4) is 0 Å². The lowest BCUT2D eigenvalue weighted by atomic mass is 10.1. The van der Waals surface area contributed by atoms with E-state index in [1.54, 1.807) is 12.1 Å². The Balaban J connectivity index is 2.79. The van der Waals surface area contributed by atoms with Crippen molar-refractivity contribution in [3.05, 3.63) is 27.7 Å². The molecule has 0 atom stereocenters. The van der Waals surface area contributed by atoms with Gasteiger partial charge in [0.2, 0.25) is 0 Å². The van der Waals surface area contributed by atoms with E-state index in [9.17, 15) is 8.42 Å². The number of hydrogen-bond donors (Lipinski definition) is 1. The van der Waals surface area contributed by atoms with Gasteiger partial charge in [0.25, 0.3) is 0 Å². The van der Waals surface area contributed by atoms with Gasteiger partial charge in [-0.15, -0.1) is 0 Å². The van der Waals surface area contributed by atoms with Crippen LogP contribution in [-0.2, 0) is 16.4 Å². The second-order valence-corrected chi connectivity index (χ2v) is 8.48. The standard InChI is InChI=1S/C14H21Cl2NO3S/c1-10(2)8-17-9-11-6-12(15)7-13(16)14(11)20-4-5-21(3,18)19/h6-7,10,17H,4-5,8-9H2,1-3H3. The molecule has 0 heterocycles. The van der Waals surface area contributed by atoms with Gasteiger partial charge in [-0.3, -0.25) is 0 Å². The van der Waals surface area contributed by atoms with Crippen LogP contribution in [0.5, 0.6) is 5.75 Å². The van der Waals surface area contributed by atoms with E-state index < -0.39 is 9.84 Å². The molecule has 1 aromatic carbocycles. The minimum absolute atomic E-state index is 0.0508. The van der Waals surface area contributed by atoms with E-state index in [0.717, 1.165) is 12.1 Å². The quantitative estimate of drug-likeness (QED) is 0.779. The lowest BCUT2D eigenvalue weighted by Gasteiger charge is -2.15. The summed E-state index contributed by atoms with van der Waals surface area (Å²) in [5.74, 6) is 0.959. The van der Waals surface area contributed by atoms with E-state index in [-0.39, 0.29) is 12.4 Å². The maximum absolute atomic E-state index is 11.1. The molecule has 0 aliphatic rings. The SMILES string of the molecule is CC(C)CNCc1cc(Cl)cc(Cl)c1OCCS(C)(=O)=O. The zero-order valence-electron chi connectivity index (χ0n) is 12.4. The van der Waals surface area contributed by atoms with Crippen molar-refractivity contribution in [2.24, 2.45) is 5.92 Å². The van der Waals surface area contributed by atoms with E-state index in [0.29, 0.717) is 28.3 Å². The maximum atomic E-state index is 11.1. The molecule has 0 radical (unpaired) electrons. The molecule has 1 aromatic rings. The fourth-order valence-corrected chi connectivity index (χ4v) is 2.67. The molecule has 21 heavy (non-hydrogen) atoms. The molecule has 1 N–H and O–H groups in total. The van der Waals surface area contributed by atoms with Gasteiger partial charge in [-0.25, -0.2) is 8.42 Å². The Labute approximate surface area is 136 Å². The Kier molecular flexibility index (Phi) is 7.27. The molecule has 0 unspecified atom stereocenters. The van der Waals surface area contributed by atoms with Gasteiger partial charge in [-0.2, -0.15) is 0 Å². The average molecular weight is 354 g/mol. The van der Waals surface area contributed by atoms with Gasteiger partial charge in [0.05, 0.1) is 10.8 Å². The van der Waals surface area contributed by atoms with Crippen molar-refractivity contribution in [3.8, 4) is 5.75 Å². The molecule has 4 nitrogen and oxygen atoms in total. The first-order valence-electron chi connectivity index (χ1n) is 6.68. The molecule has 0 saturated carbocycles. The highest BCUT2D eigenvalue weighted by Gasteiger charge is 2.12. The molecule has 7 heteroatoms. The smallest absolute Gasteiger partial charge is 0.150 e. The van der Waals surface area contributed by atoms with Crippen LogP contribution in [0.1, 0.15) is 19.4 Å². The van der Waals surface area contributed by atoms with Crippen molar-refractivity contribution in [3.63, 3.8) is 0 Å². The predicted octanol–water partition coefficient (Wildman–Crippen LogP) is 3.16. The summed E-state index contributed by atoms with van der Waals surface area (Å²) in [6.07, 6.45) is 1.17. The molecule has 0 aliphatic heterocycles. The van der Waals surface area contributed by atoms with Crippen LogP contribution in [0.2, 0.25) is 10.0 Å². The highest BCUT2D eigenvalue weighted by molar-refractivity contribution is 7.90. The molecule has 0 fully saturated rings. The van der Waals surface area contributed by atoms with Crippen LogP contribution in [0.15, 0.2) is 12.1 Å². The van der Waals surface area contributed by atoms with Crippen molar-refractivity contribution in [1.82, 2.24) is 5.32 Å². The molecule has 0 amide bonds. The van der Waals surface area contributed by atoms with E-state index in [2.05, 4.69) is 19.2 Å².